The molecule has 0 saturated carbocycles. The van der Waals surface area contributed by atoms with E-state index < -0.39 is 0 Å². The van der Waals surface area contributed by atoms with Crippen LogP contribution >= 0.6 is 0 Å². The lowest BCUT2D eigenvalue weighted by Gasteiger charge is -2.08. The molecule has 0 amide bonds. The van der Waals surface area contributed by atoms with Gasteiger partial charge in [-0.15, -0.1) is 5.10 Å². The van der Waals surface area contributed by atoms with Crippen molar-refractivity contribution in [3.05, 3.63) is 127 Å². The molecule has 7 rings (SSSR count). The number of nitrogens with one attached hydrogen (secondary N) is 1. The third kappa shape index (κ3) is 3.39. The number of benzene rings is 5. The molecule has 0 aliphatic rings. The molecule has 1 N–H and O–H groups in total. The molecular formula is C32H22N4. The number of hydrogen-bond donors (Lipinski definition) is 1. The Morgan fingerprint density at radius 3 is 1.97 bits per heavy atom. The number of H-pyrrole nitrogens is 1. The van der Waals surface area contributed by atoms with E-state index in [0.29, 0.717) is 5.82 Å². The van der Waals surface area contributed by atoms with Gasteiger partial charge in [0.2, 0.25) is 0 Å². The van der Waals surface area contributed by atoms with Crippen molar-refractivity contribution in [1.29, 1.82) is 0 Å². The van der Waals surface area contributed by atoms with Crippen LogP contribution in [0.15, 0.2) is 127 Å². The van der Waals surface area contributed by atoms with Gasteiger partial charge in [-0.05, 0) is 23.8 Å². The highest BCUT2D eigenvalue weighted by molar-refractivity contribution is 6.11. The molecule has 0 bridgehead atoms. The van der Waals surface area contributed by atoms with Gasteiger partial charge < -0.3 is 4.98 Å². The smallest absolute Gasteiger partial charge is 0.182 e. The Kier molecular flexibility index (Phi) is 4.74. The predicted molar refractivity (Wildman–Crippen MR) is 147 cm³/mol. The Balaban J connectivity index is 1.34. The van der Waals surface area contributed by atoms with Crippen LogP contribution in [0.5, 0.6) is 0 Å². The van der Waals surface area contributed by atoms with Crippen molar-refractivity contribution in [3.8, 4) is 39.6 Å². The van der Waals surface area contributed by atoms with E-state index in [1.54, 1.807) is 0 Å². The molecule has 0 radical (unpaired) electrons. The standard InChI is InChI=1S/C32H22N4/c1-3-10-23(11-4-1)31-34-32(24-12-5-2-6-13-24)36(35-31)25-20-18-22(19-21-25)26-15-9-16-28-27-14-7-8-17-29(27)33-30(26)28/h1-21,33H. The first-order valence-electron chi connectivity index (χ1n) is 12.0. The molecule has 0 aliphatic carbocycles. The highest BCUT2D eigenvalue weighted by atomic mass is 15.4. The lowest BCUT2D eigenvalue weighted by atomic mass is 10.0. The minimum absolute atomic E-state index is 0.710. The molecule has 4 heteroatoms. The second-order valence-corrected chi connectivity index (χ2v) is 8.85. The van der Waals surface area contributed by atoms with Crippen LogP contribution in [0.25, 0.3) is 61.4 Å². The van der Waals surface area contributed by atoms with Crippen LogP contribution in [0, 0.1) is 0 Å². The molecule has 0 atom stereocenters. The minimum Gasteiger partial charge on any atom is -0.354 e. The number of hydrogen-bond acceptors (Lipinski definition) is 2. The molecule has 0 aliphatic heterocycles. The van der Waals surface area contributed by atoms with Gasteiger partial charge in [-0.2, -0.15) is 0 Å². The summed E-state index contributed by atoms with van der Waals surface area (Å²) in [5.41, 5.74) is 7.64. The van der Waals surface area contributed by atoms with E-state index in [1.165, 1.54) is 16.3 Å². The SMILES string of the molecule is c1ccc(-c2nc(-c3ccccc3)n(-c3ccc(-c4cccc5c4[nH]c4ccccc45)cc3)n2)cc1. The first kappa shape index (κ1) is 20.4. The van der Waals surface area contributed by atoms with Crippen molar-refractivity contribution < 1.29 is 0 Å². The maximum atomic E-state index is 4.92. The Hall–Kier alpha value is -4.96. The molecule has 0 unspecified atom stereocenters. The van der Waals surface area contributed by atoms with E-state index in [0.717, 1.165) is 39.2 Å². The normalized spacial score (nSPS) is 11.3. The lowest BCUT2D eigenvalue weighted by molar-refractivity contribution is 0.891. The fourth-order valence-electron chi connectivity index (χ4n) is 4.87. The van der Waals surface area contributed by atoms with Gasteiger partial charge in [0.05, 0.1) is 11.2 Å². The topological polar surface area (TPSA) is 46.5 Å². The average Bonchev–Trinajstić information content (AvgIpc) is 3.57. The van der Waals surface area contributed by atoms with Gasteiger partial charge in [-0.25, -0.2) is 9.67 Å². The molecule has 0 saturated heterocycles. The molecule has 170 valence electrons. The minimum atomic E-state index is 0.710. The van der Waals surface area contributed by atoms with E-state index in [-0.39, 0.29) is 0 Å². The van der Waals surface area contributed by atoms with Crippen LogP contribution < -0.4 is 0 Å². The summed E-state index contributed by atoms with van der Waals surface area (Å²) in [7, 11) is 0. The van der Waals surface area contributed by atoms with E-state index in [9.17, 15) is 0 Å². The van der Waals surface area contributed by atoms with Crippen LogP contribution in [-0.2, 0) is 0 Å². The number of fused-ring (bicyclic) bond motifs is 3. The number of aromatic nitrogens is 4. The maximum Gasteiger partial charge on any atom is 0.182 e. The molecule has 2 aromatic heterocycles. The van der Waals surface area contributed by atoms with Gasteiger partial charge in [0, 0.05) is 33.0 Å². The highest BCUT2D eigenvalue weighted by Gasteiger charge is 2.15. The summed E-state index contributed by atoms with van der Waals surface area (Å²) in [6, 6.07) is 43.8. The van der Waals surface area contributed by atoms with E-state index >= 15 is 0 Å². The van der Waals surface area contributed by atoms with Crippen molar-refractivity contribution in [3.63, 3.8) is 0 Å². The van der Waals surface area contributed by atoms with Gasteiger partial charge in [-0.1, -0.05) is 109 Å². The van der Waals surface area contributed by atoms with Crippen LogP contribution in [0.1, 0.15) is 0 Å². The zero-order valence-corrected chi connectivity index (χ0v) is 19.5. The van der Waals surface area contributed by atoms with Crippen molar-refractivity contribution in [1.82, 2.24) is 19.7 Å². The van der Waals surface area contributed by atoms with Gasteiger partial charge in [-0.3, -0.25) is 0 Å². The van der Waals surface area contributed by atoms with E-state index in [2.05, 4.69) is 83.8 Å². The van der Waals surface area contributed by atoms with Gasteiger partial charge in [0.25, 0.3) is 0 Å². The number of nitrogens with zero attached hydrogens (tertiary/aromatic N) is 3. The first-order chi connectivity index (χ1) is 17.8. The largest absolute Gasteiger partial charge is 0.354 e. The maximum absolute atomic E-state index is 4.92. The molecular weight excluding hydrogens is 440 g/mol. The molecule has 0 spiro atoms. The monoisotopic (exact) mass is 462 g/mol. The summed E-state index contributed by atoms with van der Waals surface area (Å²) in [6.45, 7) is 0. The van der Waals surface area contributed by atoms with Crippen LogP contribution in [0.4, 0.5) is 0 Å². The van der Waals surface area contributed by atoms with E-state index in [4.69, 9.17) is 10.1 Å². The number of rotatable bonds is 4. The molecule has 36 heavy (non-hydrogen) atoms. The van der Waals surface area contributed by atoms with Crippen molar-refractivity contribution in [2.75, 3.05) is 0 Å². The predicted octanol–water partition coefficient (Wildman–Crippen LogP) is 7.90. The summed E-state index contributed by atoms with van der Waals surface area (Å²) in [4.78, 5) is 8.54. The van der Waals surface area contributed by atoms with E-state index in [1.807, 2.05) is 53.2 Å². The average molecular weight is 463 g/mol. The third-order valence-corrected chi connectivity index (χ3v) is 6.64. The summed E-state index contributed by atoms with van der Waals surface area (Å²) >= 11 is 0. The summed E-state index contributed by atoms with van der Waals surface area (Å²) < 4.78 is 1.94. The Bertz CT molecular complexity index is 1810. The van der Waals surface area contributed by atoms with Gasteiger partial charge in [0.1, 0.15) is 0 Å². The molecule has 0 fully saturated rings. The first-order valence-corrected chi connectivity index (χ1v) is 12.0. The van der Waals surface area contributed by atoms with Crippen LogP contribution in [0.2, 0.25) is 0 Å². The Labute approximate surface area is 208 Å². The van der Waals surface area contributed by atoms with Crippen molar-refractivity contribution in [2.24, 2.45) is 0 Å². The van der Waals surface area contributed by atoms with Gasteiger partial charge in [0.15, 0.2) is 11.6 Å². The van der Waals surface area contributed by atoms with Gasteiger partial charge >= 0.3 is 0 Å². The summed E-state index contributed by atoms with van der Waals surface area (Å²) in [5, 5.41) is 7.39. The zero-order chi connectivity index (χ0) is 23.9. The molecule has 7 aromatic rings. The molecule has 2 heterocycles. The fourth-order valence-corrected chi connectivity index (χ4v) is 4.87. The second-order valence-electron chi connectivity index (χ2n) is 8.85. The zero-order valence-electron chi connectivity index (χ0n) is 19.5. The second kappa shape index (κ2) is 8.36. The number of para-hydroxylation sites is 2. The Morgan fingerprint density at radius 2 is 1.19 bits per heavy atom. The molecule has 5 aromatic carbocycles. The van der Waals surface area contributed by atoms with Crippen LogP contribution in [0.3, 0.4) is 0 Å². The fraction of sp³-hybridized carbons (Fsp3) is 0. The highest BCUT2D eigenvalue weighted by Crippen LogP contribution is 2.34. The van der Waals surface area contributed by atoms with Crippen molar-refractivity contribution >= 4 is 21.8 Å². The van der Waals surface area contributed by atoms with Crippen molar-refractivity contribution in [2.45, 2.75) is 0 Å². The quantitative estimate of drug-likeness (QED) is 0.289. The summed E-state index contributed by atoms with van der Waals surface area (Å²) in [5.74, 6) is 1.53. The third-order valence-electron chi connectivity index (χ3n) is 6.64. The Morgan fingerprint density at radius 1 is 0.528 bits per heavy atom. The number of aromatic amines is 1. The summed E-state index contributed by atoms with van der Waals surface area (Å²) in [6.07, 6.45) is 0. The van der Waals surface area contributed by atoms with Crippen LogP contribution in [-0.4, -0.2) is 19.7 Å². The molecule has 4 nitrogen and oxygen atoms in total. The lowest BCUT2D eigenvalue weighted by Crippen LogP contribution is -1.99.